The maximum absolute atomic E-state index is 11.9. The zero-order chi connectivity index (χ0) is 13.1. The molecule has 1 aliphatic heterocycles. The molecule has 0 radical (unpaired) electrons. The van der Waals surface area contributed by atoms with Crippen LogP contribution < -0.4 is 5.32 Å². The van der Waals surface area contributed by atoms with Crippen molar-refractivity contribution in [2.75, 3.05) is 7.05 Å². The van der Waals surface area contributed by atoms with Crippen LogP contribution in [0.5, 0.6) is 0 Å². The number of piperidine rings is 1. The number of nitrogens with one attached hydrogen (secondary N) is 1. The van der Waals surface area contributed by atoms with Gasteiger partial charge in [0.15, 0.2) is 0 Å². The van der Waals surface area contributed by atoms with E-state index in [1.165, 1.54) is 10.5 Å². The number of carbonyl (C=O) groups is 2. The van der Waals surface area contributed by atoms with Crippen LogP contribution >= 0.6 is 0 Å². The smallest absolute Gasteiger partial charge is 0.246 e. The molecule has 1 aromatic carbocycles. The van der Waals surface area contributed by atoms with Crippen molar-refractivity contribution in [3.8, 4) is 0 Å². The van der Waals surface area contributed by atoms with Gasteiger partial charge in [-0.05, 0) is 18.9 Å². The van der Waals surface area contributed by atoms with Gasteiger partial charge < -0.3 is 5.32 Å². The van der Waals surface area contributed by atoms with E-state index in [1.807, 2.05) is 19.1 Å². The van der Waals surface area contributed by atoms with Gasteiger partial charge in [0, 0.05) is 20.0 Å². The number of benzene rings is 1. The lowest BCUT2D eigenvalue weighted by atomic mass is 10.0. The fourth-order valence-corrected chi connectivity index (χ4v) is 2.05. The summed E-state index contributed by atoms with van der Waals surface area (Å²) in [6.07, 6.45) is 1.03. The number of hydrogen-bond donors (Lipinski definition) is 1. The molecule has 1 aliphatic rings. The molecule has 1 saturated heterocycles. The van der Waals surface area contributed by atoms with Crippen LogP contribution in [0.3, 0.4) is 0 Å². The van der Waals surface area contributed by atoms with E-state index in [0.717, 1.165) is 5.56 Å². The highest BCUT2D eigenvalue weighted by Gasteiger charge is 2.31. The summed E-state index contributed by atoms with van der Waals surface area (Å²) in [5.41, 5.74) is 2.37. The van der Waals surface area contributed by atoms with Crippen molar-refractivity contribution in [3.63, 3.8) is 0 Å². The van der Waals surface area contributed by atoms with Gasteiger partial charge in [0.2, 0.25) is 11.8 Å². The van der Waals surface area contributed by atoms with Gasteiger partial charge in [-0.15, -0.1) is 0 Å². The van der Waals surface area contributed by atoms with Gasteiger partial charge >= 0.3 is 0 Å². The highest BCUT2D eigenvalue weighted by Crippen LogP contribution is 2.12. The Kier molecular flexibility index (Phi) is 3.77. The second-order valence-corrected chi connectivity index (χ2v) is 4.75. The molecule has 0 aromatic heterocycles. The monoisotopic (exact) mass is 246 g/mol. The Bertz CT molecular complexity index is 453. The van der Waals surface area contributed by atoms with Crippen LogP contribution in [0, 0.1) is 6.92 Å². The Labute approximate surface area is 107 Å². The number of carbonyl (C=O) groups excluding carboxylic acids is 2. The average molecular weight is 246 g/mol. The third-order valence-corrected chi connectivity index (χ3v) is 3.32. The van der Waals surface area contributed by atoms with Crippen LogP contribution in [-0.4, -0.2) is 29.8 Å². The molecule has 0 aliphatic carbocycles. The van der Waals surface area contributed by atoms with Crippen LogP contribution in [0.15, 0.2) is 24.3 Å². The molecule has 96 valence electrons. The van der Waals surface area contributed by atoms with Crippen molar-refractivity contribution in [2.24, 2.45) is 0 Å². The molecular weight excluding hydrogens is 228 g/mol. The first-order valence-electron chi connectivity index (χ1n) is 6.17. The van der Waals surface area contributed by atoms with Gasteiger partial charge in [-0.1, -0.05) is 29.8 Å². The number of imide groups is 1. The van der Waals surface area contributed by atoms with Crippen molar-refractivity contribution >= 4 is 11.8 Å². The lowest BCUT2D eigenvalue weighted by molar-refractivity contribution is -0.148. The second kappa shape index (κ2) is 5.31. The summed E-state index contributed by atoms with van der Waals surface area (Å²) in [7, 11) is 1.55. The molecule has 0 spiro atoms. The maximum atomic E-state index is 11.9. The molecule has 4 heteroatoms. The Morgan fingerprint density at radius 3 is 2.61 bits per heavy atom. The molecule has 18 heavy (non-hydrogen) atoms. The molecule has 2 rings (SSSR count). The number of hydrogen-bond acceptors (Lipinski definition) is 3. The molecular formula is C14H18N2O2. The SMILES string of the molecule is Cc1ccc(CNC2CCC(=O)N(C)C2=O)cc1. The molecule has 1 unspecified atom stereocenters. The number of amides is 2. The zero-order valence-electron chi connectivity index (χ0n) is 10.8. The Morgan fingerprint density at radius 1 is 1.28 bits per heavy atom. The Morgan fingerprint density at radius 2 is 1.94 bits per heavy atom. The van der Waals surface area contributed by atoms with E-state index >= 15 is 0 Å². The molecule has 1 aromatic rings. The van der Waals surface area contributed by atoms with E-state index in [9.17, 15) is 9.59 Å². The summed E-state index contributed by atoms with van der Waals surface area (Å²) in [6.45, 7) is 2.70. The van der Waals surface area contributed by atoms with E-state index < -0.39 is 0 Å². The third kappa shape index (κ3) is 2.76. The van der Waals surface area contributed by atoms with Gasteiger partial charge in [0.25, 0.3) is 0 Å². The fourth-order valence-electron chi connectivity index (χ4n) is 2.05. The van der Waals surface area contributed by atoms with Gasteiger partial charge in [0.05, 0.1) is 6.04 Å². The Hall–Kier alpha value is -1.68. The van der Waals surface area contributed by atoms with E-state index in [2.05, 4.69) is 17.4 Å². The normalized spacial score (nSPS) is 20.3. The van der Waals surface area contributed by atoms with Gasteiger partial charge in [-0.2, -0.15) is 0 Å². The number of likely N-dealkylation sites (tertiary alicyclic amines) is 1. The number of rotatable bonds is 3. The predicted octanol–water partition coefficient (Wildman–Crippen LogP) is 1.23. The minimum Gasteiger partial charge on any atom is -0.302 e. The standard InChI is InChI=1S/C14H18N2O2/c1-10-3-5-11(6-4-10)9-15-12-7-8-13(17)16(2)14(12)18/h3-6,12,15H,7-9H2,1-2H3. The lowest BCUT2D eigenvalue weighted by Crippen LogP contribution is -2.51. The average Bonchev–Trinajstić information content (AvgIpc) is 2.37. The van der Waals surface area contributed by atoms with E-state index in [-0.39, 0.29) is 17.9 Å². The highest BCUT2D eigenvalue weighted by atomic mass is 16.2. The summed E-state index contributed by atoms with van der Waals surface area (Å²) in [5, 5.41) is 3.21. The lowest BCUT2D eigenvalue weighted by Gasteiger charge is -2.28. The molecule has 1 atom stereocenters. The topological polar surface area (TPSA) is 49.4 Å². The van der Waals surface area contributed by atoms with Crippen molar-refractivity contribution in [2.45, 2.75) is 32.4 Å². The first-order valence-corrected chi connectivity index (χ1v) is 6.17. The van der Waals surface area contributed by atoms with Crippen molar-refractivity contribution in [1.29, 1.82) is 0 Å². The summed E-state index contributed by atoms with van der Waals surface area (Å²) in [4.78, 5) is 24.4. The van der Waals surface area contributed by atoms with Crippen LogP contribution in [0.2, 0.25) is 0 Å². The minimum atomic E-state index is -0.242. The number of aryl methyl sites for hydroxylation is 1. The summed E-state index contributed by atoms with van der Waals surface area (Å²) < 4.78 is 0. The van der Waals surface area contributed by atoms with Crippen LogP contribution in [0.1, 0.15) is 24.0 Å². The van der Waals surface area contributed by atoms with Crippen LogP contribution in [0.4, 0.5) is 0 Å². The fraction of sp³-hybridized carbons (Fsp3) is 0.429. The quantitative estimate of drug-likeness (QED) is 0.816. The predicted molar refractivity (Wildman–Crippen MR) is 68.8 cm³/mol. The largest absolute Gasteiger partial charge is 0.302 e. The summed E-state index contributed by atoms with van der Waals surface area (Å²) in [5.74, 6) is -0.216. The van der Waals surface area contributed by atoms with Crippen molar-refractivity contribution in [3.05, 3.63) is 35.4 Å². The van der Waals surface area contributed by atoms with E-state index in [1.54, 1.807) is 7.05 Å². The molecule has 1 heterocycles. The summed E-state index contributed by atoms with van der Waals surface area (Å²) in [6, 6.07) is 7.95. The van der Waals surface area contributed by atoms with Gasteiger partial charge in [-0.25, -0.2) is 0 Å². The van der Waals surface area contributed by atoms with E-state index in [4.69, 9.17) is 0 Å². The molecule has 4 nitrogen and oxygen atoms in total. The van der Waals surface area contributed by atoms with Crippen molar-refractivity contribution < 1.29 is 9.59 Å². The number of likely N-dealkylation sites (N-methyl/N-ethyl adjacent to an activating group) is 1. The zero-order valence-corrected chi connectivity index (χ0v) is 10.8. The summed E-state index contributed by atoms with van der Waals surface area (Å²) >= 11 is 0. The first-order chi connectivity index (χ1) is 8.58. The molecule has 0 saturated carbocycles. The first kappa shape index (κ1) is 12.8. The van der Waals surface area contributed by atoms with Gasteiger partial charge in [-0.3, -0.25) is 14.5 Å². The van der Waals surface area contributed by atoms with E-state index in [0.29, 0.717) is 19.4 Å². The second-order valence-electron chi connectivity index (χ2n) is 4.75. The maximum Gasteiger partial charge on any atom is 0.246 e. The highest BCUT2D eigenvalue weighted by molar-refractivity contribution is 6.00. The molecule has 1 N–H and O–H groups in total. The molecule has 2 amide bonds. The molecule has 1 fully saturated rings. The number of nitrogens with zero attached hydrogens (tertiary/aromatic N) is 1. The van der Waals surface area contributed by atoms with Crippen LogP contribution in [-0.2, 0) is 16.1 Å². The van der Waals surface area contributed by atoms with Crippen molar-refractivity contribution in [1.82, 2.24) is 10.2 Å². The molecule has 0 bridgehead atoms. The minimum absolute atomic E-state index is 0.0895. The Balaban J connectivity index is 1.92. The third-order valence-electron chi connectivity index (χ3n) is 3.32. The van der Waals surface area contributed by atoms with Crippen LogP contribution in [0.25, 0.3) is 0 Å². The van der Waals surface area contributed by atoms with Gasteiger partial charge in [0.1, 0.15) is 0 Å².